The number of H-pyrrole nitrogens is 1. The van der Waals surface area contributed by atoms with Crippen molar-refractivity contribution in [3.8, 4) is 0 Å². The third kappa shape index (κ3) is 1.60. The van der Waals surface area contributed by atoms with Crippen LogP contribution in [0.5, 0.6) is 0 Å². The molecule has 2 N–H and O–H groups in total. The highest BCUT2D eigenvalue weighted by molar-refractivity contribution is 5.90. The number of aryl methyl sites for hydroxylation is 1. The van der Waals surface area contributed by atoms with Crippen LogP contribution in [0.15, 0.2) is 0 Å². The average molecular weight is 196 g/mol. The molecule has 1 aliphatic rings. The van der Waals surface area contributed by atoms with Gasteiger partial charge in [0.15, 0.2) is 0 Å². The van der Waals surface area contributed by atoms with E-state index in [-0.39, 0.29) is 11.7 Å². The van der Waals surface area contributed by atoms with Crippen LogP contribution < -0.4 is 0 Å². The summed E-state index contributed by atoms with van der Waals surface area (Å²) in [6.07, 6.45) is 0.230. The zero-order valence-electron chi connectivity index (χ0n) is 7.90. The smallest absolute Gasteiger partial charge is 0.293 e. The van der Waals surface area contributed by atoms with Crippen molar-refractivity contribution >= 4 is 5.91 Å². The summed E-state index contributed by atoms with van der Waals surface area (Å²) < 4.78 is 0. The van der Waals surface area contributed by atoms with Gasteiger partial charge in [0, 0.05) is 13.1 Å². The van der Waals surface area contributed by atoms with Gasteiger partial charge in [0.2, 0.25) is 5.82 Å². The van der Waals surface area contributed by atoms with Gasteiger partial charge in [-0.05, 0) is 13.3 Å². The third-order valence-electron chi connectivity index (χ3n) is 2.24. The highest BCUT2D eigenvalue weighted by Gasteiger charge is 2.27. The maximum atomic E-state index is 11.7. The Bertz CT molecular complexity index is 349. The number of hydrogen-bond donors (Lipinski definition) is 2. The molecule has 1 aromatic heterocycles. The predicted octanol–water partition coefficient (Wildman–Crippen LogP) is -0.680. The summed E-state index contributed by atoms with van der Waals surface area (Å²) in [5.74, 6) is 0.579. The minimum Gasteiger partial charge on any atom is -0.391 e. The van der Waals surface area contributed by atoms with Crippen molar-refractivity contribution in [3.63, 3.8) is 0 Å². The summed E-state index contributed by atoms with van der Waals surface area (Å²) in [4.78, 5) is 17.2. The molecule has 2 rings (SSSR count). The largest absolute Gasteiger partial charge is 0.391 e. The van der Waals surface area contributed by atoms with Crippen molar-refractivity contribution < 1.29 is 9.90 Å². The van der Waals surface area contributed by atoms with Crippen molar-refractivity contribution in [3.05, 3.63) is 11.6 Å². The number of carbonyl (C=O) groups is 1. The molecule has 0 spiro atoms. The fourth-order valence-electron chi connectivity index (χ4n) is 1.51. The molecule has 2 heterocycles. The van der Waals surface area contributed by atoms with E-state index in [9.17, 15) is 9.90 Å². The van der Waals surface area contributed by atoms with Crippen molar-refractivity contribution in [2.24, 2.45) is 0 Å². The van der Waals surface area contributed by atoms with E-state index in [1.54, 1.807) is 11.8 Å². The maximum absolute atomic E-state index is 11.7. The number of hydrogen-bond acceptors (Lipinski definition) is 4. The summed E-state index contributed by atoms with van der Waals surface area (Å²) in [5.41, 5.74) is 0. The maximum Gasteiger partial charge on any atom is 0.293 e. The summed E-state index contributed by atoms with van der Waals surface area (Å²) in [5, 5.41) is 15.6. The van der Waals surface area contributed by atoms with Gasteiger partial charge in [-0.15, -0.1) is 5.10 Å². The predicted molar refractivity (Wildman–Crippen MR) is 47.6 cm³/mol. The molecule has 0 radical (unpaired) electrons. The van der Waals surface area contributed by atoms with Gasteiger partial charge in [-0.2, -0.15) is 0 Å². The molecular weight excluding hydrogens is 184 g/mol. The fourth-order valence-corrected chi connectivity index (χ4v) is 1.51. The number of aliphatic hydroxyl groups is 1. The van der Waals surface area contributed by atoms with Crippen LogP contribution in [0.3, 0.4) is 0 Å². The highest BCUT2D eigenvalue weighted by atomic mass is 16.3. The molecule has 1 saturated heterocycles. The number of likely N-dealkylation sites (tertiary alicyclic amines) is 1. The lowest BCUT2D eigenvalue weighted by Gasteiger charge is -2.12. The van der Waals surface area contributed by atoms with Gasteiger partial charge in [-0.25, -0.2) is 4.98 Å². The van der Waals surface area contributed by atoms with Crippen molar-refractivity contribution in [2.75, 3.05) is 13.1 Å². The first-order valence-electron chi connectivity index (χ1n) is 4.53. The van der Waals surface area contributed by atoms with Crippen molar-refractivity contribution in [2.45, 2.75) is 19.4 Å². The summed E-state index contributed by atoms with van der Waals surface area (Å²) >= 11 is 0. The van der Waals surface area contributed by atoms with Gasteiger partial charge < -0.3 is 10.0 Å². The van der Waals surface area contributed by atoms with Crippen LogP contribution in [0.1, 0.15) is 22.9 Å². The number of aliphatic hydroxyl groups excluding tert-OH is 1. The van der Waals surface area contributed by atoms with Crippen LogP contribution in [-0.4, -0.2) is 50.3 Å². The lowest BCUT2D eigenvalue weighted by Crippen LogP contribution is -2.30. The van der Waals surface area contributed by atoms with Crippen LogP contribution in [0.4, 0.5) is 0 Å². The van der Waals surface area contributed by atoms with E-state index in [0.29, 0.717) is 25.3 Å². The lowest BCUT2D eigenvalue weighted by molar-refractivity contribution is 0.0753. The molecule has 1 amide bonds. The lowest BCUT2D eigenvalue weighted by atomic mass is 10.3. The minimum absolute atomic E-state index is 0.177. The van der Waals surface area contributed by atoms with Crippen LogP contribution in [0.25, 0.3) is 0 Å². The van der Waals surface area contributed by atoms with E-state index in [1.807, 2.05) is 0 Å². The Morgan fingerprint density at radius 3 is 3.00 bits per heavy atom. The first-order valence-corrected chi connectivity index (χ1v) is 4.53. The summed E-state index contributed by atoms with van der Waals surface area (Å²) in [6, 6.07) is 0. The highest BCUT2D eigenvalue weighted by Crippen LogP contribution is 2.11. The molecule has 0 unspecified atom stereocenters. The molecule has 1 aliphatic heterocycles. The van der Waals surface area contributed by atoms with Crippen molar-refractivity contribution in [1.82, 2.24) is 20.1 Å². The fraction of sp³-hybridized carbons (Fsp3) is 0.625. The molecular formula is C8H12N4O2. The second-order valence-corrected chi connectivity index (χ2v) is 3.44. The molecule has 14 heavy (non-hydrogen) atoms. The number of aromatic amines is 1. The first-order chi connectivity index (χ1) is 6.66. The molecule has 6 nitrogen and oxygen atoms in total. The van der Waals surface area contributed by atoms with Gasteiger partial charge in [0.05, 0.1) is 6.10 Å². The molecule has 1 atom stereocenters. The number of amides is 1. The van der Waals surface area contributed by atoms with E-state index in [1.165, 1.54) is 0 Å². The van der Waals surface area contributed by atoms with E-state index < -0.39 is 6.10 Å². The monoisotopic (exact) mass is 196 g/mol. The zero-order valence-corrected chi connectivity index (χ0v) is 7.90. The van der Waals surface area contributed by atoms with Crippen LogP contribution in [0.2, 0.25) is 0 Å². The molecule has 0 aromatic carbocycles. The quantitative estimate of drug-likeness (QED) is 0.623. The average Bonchev–Trinajstić information content (AvgIpc) is 2.73. The molecule has 1 fully saturated rings. The number of β-amino-alcohol motifs (C(OH)–C–C–N with tert-alkyl or cyclic N) is 1. The van der Waals surface area contributed by atoms with Crippen LogP contribution in [-0.2, 0) is 0 Å². The second-order valence-electron chi connectivity index (χ2n) is 3.44. The van der Waals surface area contributed by atoms with Crippen molar-refractivity contribution in [1.29, 1.82) is 0 Å². The van der Waals surface area contributed by atoms with Crippen LogP contribution >= 0.6 is 0 Å². The van der Waals surface area contributed by atoms with Gasteiger partial charge in [0.1, 0.15) is 5.82 Å². The molecule has 0 bridgehead atoms. The Morgan fingerprint density at radius 2 is 2.50 bits per heavy atom. The molecule has 6 heteroatoms. The standard InChI is InChI=1S/C8H12N4O2/c1-5-9-7(11-10-5)8(14)12-3-2-6(13)4-12/h6,13H,2-4H2,1H3,(H,9,10,11)/t6-/m0/s1. The van der Waals surface area contributed by atoms with Gasteiger partial charge >= 0.3 is 0 Å². The molecule has 1 aromatic rings. The molecule has 76 valence electrons. The van der Waals surface area contributed by atoms with E-state index in [0.717, 1.165) is 0 Å². The number of nitrogens with one attached hydrogen (secondary N) is 1. The second kappa shape index (κ2) is 3.38. The summed E-state index contributed by atoms with van der Waals surface area (Å²) in [7, 11) is 0. The Hall–Kier alpha value is -1.43. The Kier molecular flexibility index (Phi) is 2.20. The Balaban J connectivity index is 2.09. The first kappa shape index (κ1) is 9.14. The Morgan fingerprint density at radius 1 is 1.71 bits per heavy atom. The van der Waals surface area contributed by atoms with Gasteiger partial charge in [-0.3, -0.25) is 9.89 Å². The van der Waals surface area contributed by atoms with E-state index >= 15 is 0 Å². The topological polar surface area (TPSA) is 82.1 Å². The van der Waals surface area contributed by atoms with E-state index in [2.05, 4.69) is 15.2 Å². The minimum atomic E-state index is -0.404. The Labute approximate surface area is 80.9 Å². The van der Waals surface area contributed by atoms with E-state index in [4.69, 9.17) is 0 Å². The third-order valence-corrected chi connectivity index (χ3v) is 2.24. The normalized spacial score (nSPS) is 21.6. The molecule has 0 aliphatic carbocycles. The van der Waals surface area contributed by atoms with Gasteiger partial charge in [-0.1, -0.05) is 0 Å². The number of rotatable bonds is 1. The number of aromatic nitrogens is 3. The number of carbonyl (C=O) groups excluding carboxylic acids is 1. The van der Waals surface area contributed by atoms with Gasteiger partial charge in [0.25, 0.3) is 5.91 Å². The molecule has 0 saturated carbocycles. The SMILES string of the molecule is Cc1nc(C(=O)N2CC[C@H](O)C2)n[nH]1. The summed E-state index contributed by atoms with van der Waals surface area (Å²) in [6.45, 7) is 2.70. The number of nitrogens with zero attached hydrogens (tertiary/aromatic N) is 3. The zero-order chi connectivity index (χ0) is 10.1. The van der Waals surface area contributed by atoms with Crippen LogP contribution in [0, 0.1) is 6.92 Å².